The molecular formula is C15H13F9O3. The van der Waals surface area contributed by atoms with Gasteiger partial charge in [0, 0.05) is 6.42 Å². The molecule has 0 aromatic heterocycles. The summed E-state index contributed by atoms with van der Waals surface area (Å²) in [4.78, 5) is 11.7. The Balaban J connectivity index is 3.22. The molecule has 1 atom stereocenters. The minimum absolute atomic E-state index is 0.171. The predicted molar refractivity (Wildman–Crippen MR) is 72.9 cm³/mol. The SMILES string of the molecule is CCOC(=O)c1ccccc1C(O)CC(F)(F)C(F)(F)C(F)(F)C(F)(F)F. The Morgan fingerprint density at radius 2 is 1.52 bits per heavy atom. The highest BCUT2D eigenvalue weighted by atomic mass is 19.4. The zero-order chi connectivity index (χ0) is 21.3. The van der Waals surface area contributed by atoms with E-state index in [0.717, 1.165) is 18.2 Å². The summed E-state index contributed by atoms with van der Waals surface area (Å²) in [5.74, 6) is -21.0. The van der Waals surface area contributed by atoms with Crippen LogP contribution in [0.5, 0.6) is 0 Å². The van der Waals surface area contributed by atoms with Crippen LogP contribution in [0.2, 0.25) is 0 Å². The quantitative estimate of drug-likeness (QED) is 0.519. The number of rotatable bonds is 7. The second kappa shape index (κ2) is 7.56. The van der Waals surface area contributed by atoms with Gasteiger partial charge in [0.2, 0.25) is 0 Å². The number of aliphatic hydroxyl groups excluding tert-OH is 1. The highest BCUT2D eigenvalue weighted by molar-refractivity contribution is 5.91. The van der Waals surface area contributed by atoms with Gasteiger partial charge in [0.25, 0.3) is 0 Å². The fourth-order valence-corrected chi connectivity index (χ4v) is 2.07. The number of ether oxygens (including phenoxy) is 1. The van der Waals surface area contributed by atoms with Crippen LogP contribution >= 0.6 is 0 Å². The van der Waals surface area contributed by atoms with Crippen LogP contribution in [-0.2, 0) is 4.74 Å². The van der Waals surface area contributed by atoms with E-state index in [4.69, 9.17) is 0 Å². The molecule has 1 aromatic carbocycles. The normalized spacial score (nSPS) is 14.8. The lowest BCUT2D eigenvalue weighted by atomic mass is 9.93. The largest absolute Gasteiger partial charge is 0.462 e. The first-order chi connectivity index (χ1) is 12.1. The lowest BCUT2D eigenvalue weighted by Crippen LogP contribution is -2.61. The van der Waals surface area contributed by atoms with Crippen LogP contribution in [0.15, 0.2) is 24.3 Å². The van der Waals surface area contributed by atoms with Gasteiger partial charge < -0.3 is 9.84 Å². The van der Waals surface area contributed by atoms with E-state index in [1.165, 1.54) is 13.0 Å². The van der Waals surface area contributed by atoms with Gasteiger partial charge in [0.15, 0.2) is 0 Å². The summed E-state index contributed by atoms with van der Waals surface area (Å²) in [6.07, 6.45) is -12.1. The topological polar surface area (TPSA) is 46.5 Å². The van der Waals surface area contributed by atoms with Crippen molar-refractivity contribution in [2.45, 2.75) is 43.4 Å². The van der Waals surface area contributed by atoms with Crippen molar-refractivity contribution in [1.29, 1.82) is 0 Å². The number of carbonyl (C=O) groups is 1. The predicted octanol–water partition coefficient (Wildman–Crippen LogP) is 4.76. The second-order valence-corrected chi connectivity index (χ2v) is 5.38. The molecule has 0 spiro atoms. The molecule has 12 heteroatoms. The monoisotopic (exact) mass is 412 g/mol. The first kappa shape index (κ1) is 23.1. The molecule has 3 nitrogen and oxygen atoms in total. The number of alkyl halides is 9. The van der Waals surface area contributed by atoms with Crippen LogP contribution in [0.4, 0.5) is 39.5 Å². The number of carbonyl (C=O) groups excluding carboxylic acids is 1. The van der Waals surface area contributed by atoms with E-state index < -0.39 is 53.6 Å². The fourth-order valence-electron chi connectivity index (χ4n) is 2.07. The molecule has 0 amide bonds. The molecule has 0 radical (unpaired) electrons. The molecule has 1 N–H and O–H groups in total. The molecule has 0 saturated carbocycles. The van der Waals surface area contributed by atoms with Crippen molar-refractivity contribution >= 4 is 5.97 Å². The van der Waals surface area contributed by atoms with E-state index in [2.05, 4.69) is 4.74 Å². The molecule has 1 unspecified atom stereocenters. The van der Waals surface area contributed by atoms with Crippen molar-refractivity contribution < 1.29 is 54.2 Å². The van der Waals surface area contributed by atoms with Crippen LogP contribution in [0, 0.1) is 0 Å². The third kappa shape index (κ3) is 4.30. The molecule has 0 bridgehead atoms. The highest BCUT2D eigenvalue weighted by Crippen LogP contribution is 2.55. The van der Waals surface area contributed by atoms with E-state index in [-0.39, 0.29) is 6.61 Å². The summed E-state index contributed by atoms with van der Waals surface area (Å²) < 4.78 is 120. The summed E-state index contributed by atoms with van der Waals surface area (Å²) in [6, 6.07) is 4.11. The Labute approximate surface area is 146 Å². The number of hydrogen-bond donors (Lipinski definition) is 1. The zero-order valence-corrected chi connectivity index (χ0v) is 13.5. The van der Waals surface area contributed by atoms with Gasteiger partial charge in [0.05, 0.1) is 18.3 Å². The lowest BCUT2D eigenvalue weighted by molar-refractivity contribution is -0.398. The summed E-state index contributed by atoms with van der Waals surface area (Å²) in [5, 5.41) is 9.74. The van der Waals surface area contributed by atoms with E-state index in [1.807, 2.05) is 0 Å². The number of halogens is 9. The summed E-state index contributed by atoms with van der Waals surface area (Å²) in [7, 11) is 0. The molecular weight excluding hydrogens is 399 g/mol. The molecule has 154 valence electrons. The summed E-state index contributed by atoms with van der Waals surface area (Å²) >= 11 is 0. The van der Waals surface area contributed by atoms with Crippen molar-refractivity contribution in [3.05, 3.63) is 35.4 Å². The molecule has 0 aliphatic carbocycles. The highest BCUT2D eigenvalue weighted by Gasteiger charge is 2.81. The first-order valence-electron chi connectivity index (χ1n) is 7.24. The van der Waals surface area contributed by atoms with E-state index in [1.54, 1.807) is 0 Å². The lowest BCUT2D eigenvalue weighted by Gasteiger charge is -2.34. The molecule has 1 rings (SSSR count). The number of esters is 1. The maximum atomic E-state index is 13.6. The van der Waals surface area contributed by atoms with Gasteiger partial charge in [-0.3, -0.25) is 0 Å². The fraction of sp³-hybridized carbons (Fsp3) is 0.533. The van der Waals surface area contributed by atoms with Crippen LogP contribution < -0.4 is 0 Å². The first-order valence-corrected chi connectivity index (χ1v) is 7.24. The molecule has 27 heavy (non-hydrogen) atoms. The Bertz CT molecular complexity index is 671. The smallest absolute Gasteiger partial charge is 0.460 e. The third-order valence-corrected chi connectivity index (χ3v) is 3.47. The Kier molecular flexibility index (Phi) is 6.46. The second-order valence-electron chi connectivity index (χ2n) is 5.38. The van der Waals surface area contributed by atoms with Crippen LogP contribution in [0.25, 0.3) is 0 Å². The minimum Gasteiger partial charge on any atom is -0.462 e. The van der Waals surface area contributed by atoms with E-state index in [9.17, 15) is 49.4 Å². The third-order valence-electron chi connectivity index (χ3n) is 3.47. The van der Waals surface area contributed by atoms with Crippen LogP contribution in [-0.4, -0.2) is 41.6 Å². The van der Waals surface area contributed by atoms with Gasteiger partial charge >= 0.3 is 29.9 Å². The maximum Gasteiger partial charge on any atom is 0.460 e. The van der Waals surface area contributed by atoms with Crippen molar-refractivity contribution in [2.75, 3.05) is 6.61 Å². The van der Waals surface area contributed by atoms with Crippen LogP contribution in [0.1, 0.15) is 35.4 Å². The Hall–Kier alpha value is -1.98. The summed E-state index contributed by atoms with van der Waals surface area (Å²) in [5.41, 5.74) is -1.23. The molecule has 0 aliphatic heterocycles. The standard InChI is InChI=1S/C15H13F9O3/c1-2-27-11(26)9-6-4-3-5-8(9)10(25)7-12(16,17)13(18,19)14(20,21)15(22,23)24/h3-6,10,25H,2,7H2,1H3. The van der Waals surface area contributed by atoms with Gasteiger partial charge in [-0.15, -0.1) is 0 Å². The van der Waals surface area contributed by atoms with Gasteiger partial charge in [-0.1, -0.05) is 18.2 Å². The number of benzene rings is 1. The van der Waals surface area contributed by atoms with Crippen molar-refractivity contribution in [3.8, 4) is 0 Å². The average Bonchev–Trinajstić information content (AvgIpc) is 2.53. The Morgan fingerprint density at radius 3 is 2.00 bits per heavy atom. The van der Waals surface area contributed by atoms with Crippen molar-refractivity contribution in [1.82, 2.24) is 0 Å². The summed E-state index contributed by atoms with van der Waals surface area (Å²) in [6.45, 7) is 1.21. The average molecular weight is 412 g/mol. The van der Waals surface area contributed by atoms with Gasteiger partial charge in [-0.25, -0.2) is 4.79 Å². The van der Waals surface area contributed by atoms with Gasteiger partial charge in [0.1, 0.15) is 0 Å². The zero-order valence-electron chi connectivity index (χ0n) is 13.5. The molecule has 1 aromatic rings. The Morgan fingerprint density at radius 1 is 1.00 bits per heavy atom. The minimum atomic E-state index is -7.05. The molecule has 0 aliphatic rings. The van der Waals surface area contributed by atoms with E-state index in [0.29, 0.717) is 0 Å². The van der Waals surface area contributed by atoms with Crippen molar-refractivity contribution in [2.24, 2.45) is 0 Å². The molecule has 0 heterocycles. The van der Waals surface area contributed by atoms with E-state index >= 15 is 0 Å². The number of hydrogen-bond acceptors (Lipinski definition) is 3. The molecule has 0 fully saturated rings. The number of aliphatic hydroxyl groups is 1. The van der Waals surface area contributed by atoms with Crippen molar-refractivity contribution in [3.63, 3.8) is 0 Å². The maximum absolute atomic E-state index is 13.6. The van der Waals surface area contributed by atoms with Gasteiger partial charge in [-0.2, -0.15) is 39.5 Å². The van der Waals surface area contributed by atoms with Crippen LogP contribution in [0.3, 0.4) is 0 Å². The molecule has 0 saturated heterocycles. The van der Waals surface area contributed by atoms with Gasteiger partial charge in [-0.05, 0) is 18.6 Å².